The van der Waals surface area contributed by atoms with Gasteiger partial charge in [-0.1, -0.05) is 48.5 Å². The van der Waals surface area contributed by atoms with E-state index in [-0.39, 0.29) is 18.5 Å². The van der Waals surface area contributed by atoms with Gasteiger partial charge in [-0.3, -0.25) is 4.79 Å². The Kier molecular flexibility index (Phi) is 6.26. The quantitative estimate of drug-likeness (QED) is 0.607. The van der Waals surface area contributed by atoms with Gasteiger partial charge in [0, 0.05) is 23.6 Å². The number of hydrogen-bond acceptors (Lipinski definition) is 3. The van der Waals surface area contributed by atoms with Crippen LogP contribution in [0.1, 0.15) is 25.3 Å². The van der Waals surface area contributed by atoms with E-state index < -0.39 is 51.2 Å². The van der Waals surface area contributed by atoms with E-state index >= 15 is 4.39 Å². The summed E-state index contributed by atoms with van der Waals surface area (Å²) < 4.78 is 81.7. The Morgan fingerprint density at radius 3 is 2.36 bits per heavy atom. The number of nitrogens with one attached hydrogen (secondary N) is 1. The van der Waals surface area contributed by atoms with E-state index in [1.165, 1.54) is 11.0 Å². The molecule has 2 aliphatic rings. The fraction of sp³-hybridized carbons (Fsp3) is 0.435. The van der Waals surface area contributed by atoms with Crippen LogP contribution < -0.4 is 4.72 Å². The summed E-state index contributed by atoms with van der Waals surface area (Å²) in [7, 11) is -4.98. The highest BCUT2D eigenvalue weighted by Crippen LogP contribution is 2.56. The van der Waals surface area contributed by atoms with Gasteiger partial charge >= 0.3 is 5.76 Å². The highest BCUT2D eigenvalue weighted by atomic mass is 32.2. The SMILES string of the molecule is CC(F)C(=O)N1CC2(CC2)[C@H](NS(=O)(=O)C(F)F)[C@@H]1Cc1cccc(-c2ccccc2)c1F. The molecule has 1 saturated heterocycles. The fourth-order valence-corrected chi connectivity index (χ4v) is 5.57. The lowest BCUT2D eigenvalue weighted by molar-refractivity contribution is -0.137. The molecule has 1 N–H and O–H groups in total. The number of alkyl halides is 3. The number of amides is 1. The molecular formula is C23H24F4N2O3S. The van der Waals surface area contributed by atoms with Crippen LogP contribution in [0.25, 0.3) is 11.1 Å². The lowest BCUT2D eigenvalue weighted by Gasteiger charge is -2.30. The molecule has 2 aromatic rings. The summed E-state index contributed by atoms with van der Waals surface area (Å²) in [4.78, 5) is 13.8. The second-order valence-corrected chi connectivity index (χ2v) is 10.4. The molecule has 1 saturated carbocycles. The molecule has 5 nitrogen and oxygen atoms in total. The second-order valence-electron chi connectivity index (χ2n) is 8.76. The number of carbonyl (C=O) groups is 1. The van der Waals surface area contributed by atoms with Crippen molar-refractivity contribution in [3.05, 3.63) is 59.9 Å². The van der Waals surface area contributed by atoms with Gasteiger partial charge in [0.25, 0.3) is 15.9 Å². The number of hydrogen-bond donors (Lipinski definition) is 1. The number of sulfonamides is 1. The minimum atomic E-state index is -4.98. The number of rotatable bonds is 7. The molecule has 4 rings (SSSR count). The third-order valence-corrected chi connectivity index (χ3v) is 7.62. The molecule has 0 bridgehead atoms. The van der Waals surface area contributed by atoms with Crippen molar-refractivity contribution in [1.82, 2.24) is 9.62 Å². The monoisotopic (exact) mass is 484 g/mol. The molecule has 0 radical (unpaired) electrons. The smallest absolute Gasteiger partial charge is 0.335 e. The van der Waals surface area contributed by atoms with E-state index in [2.05, 4.69) is 4.72 Å². The van der Waals surface area contributed by atoms with Crippen molar-refractivity contribution >= 4 is 15.9 Å². The van der Waals surface area contributed by atoms with Gasteiger partial charge in [0.15, 0.2) is 6.17 Å². The van der Waals surface area contributed by atoms with Crippen molar-refractivity contribution < 1.29 is 30.8 Å². The first kappa shape index (κ1) is 23.7. The number of halogens is 4. The Morgan fingerprint density at radius 1 is 1.12 bits per heavy atom. The van der Waals surface area contributed by atoms with Gasteiger partial charge in [0.1, 0.15) is 5.82 Å². The summed E-state index contributed by atoms with van der Waals surface area (Å²) in [6, 6.07) is 11.4. The van der Waals surface area contributed by atoms with E-state index in [1.54, 1.807) is 42.5 Å². The average molecular weight is 485 g/mol. The minimum absolute atomic E-state index is 0.0289. The van der Waals surface area contributed by atoms with E-state index in [9.17, 15) is 26.4 Å². The highest BCUT2D eigenvalue weighted by Gasteiger charge is 2.62. The van der Waals surface area contributed by atoms with Crippen LogP contribution in [0.15, 0.2) is 48.5 Å². The van der Waals surface area contributed by atoms with Gasteiger partial charge in [-0.05, 0) is 37.3 Å². The van der Waals surface area contributed by atoms with Crippen molar-refractivity contribution in [3.8, 4) is 11.1 Å². The average Bonchev–Trinajstić information content (AvgIpc) is 3.50. The maximum Gasteiger partial charge on any atom is 0.350 e. The molecule has 1 spiro atoms. The Labute approximate surface area is 189 Å². The third-order valence-electron chi connectivity index (χ3n) is 6.56. The van der Waals surface area contributed by atoms with Crippen LogP contribution in [0.3, 0.4) is 0 Å². The Morgan fingerprint density at radius 2 is 1.79 bits per heavy atom. The van der Waals surface area contributed by atoms with Crippen LogP contribution in [0, 0.1) is 11.2 Å². The standard InChI is InChI=1S/C23H24F4N2O3S/c1-14(24)21(30)29-13-23(10-11-23)20(28-33(31,32)22(26)27)18(29)12-16-8-5-9-17(19(16)25)15-6-3-2-4-7-15/h2-9,14,18,20,22,28H,10-13H2,1H3/t14?,18-,20+/m0/s1. The Balaban J connectivity index is 1.73. The largest absolute Gasteiger partial charge is 0.350 e. The summed E-state index contributed by atoms with van der Waals surface area (Å²) >= 11 is 0. The zero-order chi connectivity index (χ0) is 24.0. The zero-order valence-electron chi connectivity index (χ0n) is 17.8. The first-order chi connectivity index (χ1) is 15.6. The van der Waals surface area contributed by atoms with E-state index in [0.29, 0.717) is 24.0 Å². The normalized spacial score (nSPS) is 22.7. The molecule has 0 aromatic heterocycles. The number of likely N-dealkylation sites (tertiary alicyclic amines) is 1. The van der Waals surface area contributed by atoms with Crippen LogP contribution in [0.5, 0.6) is 0 Å². The molecule has 33 heavy (non-hydrogen) atoms. The molecular weight excluding hydrogens is 460 g/mol. The summed E-state index contributed by atoms with van der Waals surface area (Å²) in [5.41, 5.74) is 0.366. The predicted molar refractivity (Wildman–Crippen MR) is 115 cm³/mol. The molecule has 1 heterocycles. The minimum Gasteiger partial charge on any atom is -0.335 e. The van der Waals surface area contributed by atoms with Gasteiger partial charge in [-0.25, -0.2) is 21.9 Å². The lowest BCUT2D eigenvalue weighted by atomic mass is 9.91. The predicted octanol–water partition coefficient (Wildman–Crippen LogP) is 3.89. The van der Waals surface area contributed by atoms with Crippen molar-refractivity contribution in [1.29, 1.82) is 0 Å². The molecule has 10 heteroatoms. The first-order valence-corrected chi connectivity index (χ1v) is 12.2. The summed E-state index contributed by atoms with van der Waals surface area (Å²) in [6.07, 6.45) is -1.02. The van der Waals surface area contributed by atoms with Gasteiger partial charge < -0.3 is 4.90 Å². The molecule has 1 aliphatic carbocycles. The lowest BCUT2D eigenvalue weighted by Crippen LogP contribution is -2.51. The number of benzene rings is 2. The van der Waals surface area contributed by atoms with Crippen LogP contribution in [0.2, 0.25) is 0 Å². The molecule has 1 aliphatic heterocycles. The van der Waals surface area contributed by atoms with E-state index in [0.717, 1.165) is 6.92 Å². The van der Waals surface area contributed by atoms with Crippen molar-refractivity contribution in [2.45, 2.75) is 50.2 Å². The first-order valence-electron chi connectivity index (χ1n) is 10.6. The van der Waals surface area contributed by atoms with Gasteiger partial charge in [0.05, 0.1) is 6.04 Å². The number of nitrogens with zero attached hydrogens (tertiary/aromatic N) is 1. The van der Waals surface area contributed by atoms with Crippen molar-refractivity contribution in [2.75, 3.05) is 6.54 Å². The van der Waals surface area contributed by atoms with Crippen LogP contribution in [-0.4, -0.2) is 49.8 Å². The summed E-state index contributed by atoms with van der Waals surface area (Å²) in [5.74, 6) is -5.09. The molecule has 1 unspecified atom stereocenters. The Hall–Kier alpha value is -2.46. The summed E-state index contributed by atoms with van der Waals surface area (Å²) in [5, 5.41) is 0. The van der Waals surface area contributed by atoms with Gasteiger partial charge in [-0.15, -0.1) is 0 Å². The maximum absolute atomic E-state index is 15.5. The van der Waals surface area contributed by atoms with Crippen LogP contribution in [0.4, 0.5) is 17.6 Å². The zero-order valence-corrected chi connectivity index (χ0v) is 18.7. The highest BCUT2D eigenvalue weighted by molar-refractivity contribution is 7.89. The van der Waals surface area contributed by atoms with E-state index in [1.807, 2.05) is 0 Å². The molecule has 1 amide bonds. The molecule has 2 fully saturated rings. The maximum atomic E-state index is 15.5. The Bertz CT molecular complexity index is 1140. The summed E-state index contributed by atoms with van der Waals surface area (Å²) in [6.45, 7) is 1.09. The molecule has 178 valence electrons. The van der Waals surface area contributed by atoms with Crippen LogP contribution in [-0.2, 0) is 21.2 Å². The van der Waals surface area contributed by atoms with Crippen molar-refractivity contribution in [2.24, 2.45) is 5.41 Å². The molecule has 3 atom stereocenters. The topological polar surface area (TPSA) is 66.5 Å². The van der Waals surface area contributed by atoms with Gasteiger partial charge in [-0.2, -0.15) is 8.78 Å². The van der Waals surface area contributed by atoms with Crippen LogP contribution >= 0.6 is 0 Å². The third kappa shape index (κ3) is 4.50. The fourth-order valence-electron chi connectivity index (χ4n) is 4.71. The van der Waals surface area contributed by atoms with E-state index in [4.69, 9.17) is 0 Å². The van der Waals surface area contributed by atoms with Crippen molar-refractivity contribution in [3.63, 3.8) is 0 Å². The molecule has 2 aromatic carbocycles. The second kappa shape index (κ2) is 8.72. The number of carbonyl (C=O) groups excluding carboxylic acids is 1. The van der Waals surface area contributed by atoms with Gasteiger partial charge in [0.2, 0.25) is 0 Å².